The van der Waals surface area contributed by atoms with E-state index in [1.807, 2.05) is 6.92 Å². The minimum absolute atomic E-state index is 0.0524. The summed E-state index contributed by atoms with van der Waals surface area (Å²) in [4.78, 5) is 21.8. The summed E-state index contributed by atoms with van der Waals surface area (Å²) in [6, 6.07) is 10.7. The van der Waals surface area contributed by atoms with Gasteiger partial charge < -0.3 is 9.47 Å². The molecule has 0 bridgehead atoms. The Morgan fingerprint density at radius 2 is 1.85 bits per heavy atom. The van der Waals surface area contributed by atoms with Crippen LogP contribution in [0, 0.1) is 23.0 Å². The van der Waals surface area contributed by atoms with Crippen LogP contribution in [0.2, 0.25) is 0 Å². The predicted molar refractivity (Wildman–Crippen MR) is 129 cm³/mol. The third kappa shape index (κ3) is 4.16. The molecule has 4 rings (SSSR count). The number of nitrogens with zero attached hydrogens (tertiary/aromatic N) is 5. The number of nitriles is 1. The molecule has 0 radical (unpaired) electrons. The molecule has 0 saturated carbocycles. The van der Waals surface area contributed by atoms with Crippen LogP contribution < -0.4 is 10.5 Å². The molecular weight excluding hydrogens is 436 g/mol. The number of rotatable bonds is 5. The van der Waals surface area contributed by atoms with Crippen LogP contribution in [0.5, 0.6) is 0 Å². The molecule has 1 fully saturated rings. The number of anilines is 1. The first-order valence-electron chi connectivity index (χ1n) is 11.7. The molecule has 3 atom stereocenters. The zero-order valence-electron chi connectivity index (χ0n) is 19.9. The van der Waals surface area contributed by atoms with Gasteiger partial charge in [-0.05, 0) is 38.0 Å². The SMILES string of the molecule is CC[C@H]1CN(C(C)c2ccc(F)cc2F)[C@H](CC)CN1c1cc(=O)n(C)c2ccc(C#N)nc12. The van der Waals surface area contributed by atoms with E-state index in [0.717, 1.165) is 24.6 Å². The van der Waals surface area contributed by atoms with E-state index in [4.69, 9.17) is 0 Å². The van der Waals surface area contributed by atoms with Crippen molar-refractivity contribution in [1.82, 2.24) is 14.5 Å². The zero-order chi connectivity index (χ0) is 24.6. The lowest BCUT2D eigenvalue weighted by atomic mass is 9.96. The van der Waals surface area contributed by atoms with E-state index in [0.29, 0.717) is 35.4 Å². The Hall–Kier alpha value is -3.31. The van der Waals surface area contributed by atoms with E-state index in [9.17, 15) is 18.8 Å². The number of hydrogen-bond donors (Lipinski definition) is 0. The van der Waals surface area contributed by atoms with E-state index in [2.05, 4.69) is 34.7 Å². The topological polar surface area (TPSA) is 65.2 Å². The second kappa shape index (κ2) is 9.51. The van der Waals surface area contributed by atoms with Gasteiger partial charge >= 0.3 is 0 Å². The van der Waals surface area contributed by atoms with Crippen molar-refractivity contribution in [1.29, 1.82) is 5.26 Å². The van der Waals surface area contributed by atoms with Gasteiger partial charge in [0, 0.05) is 56.0 Å². The van der Waals surface area contributed by atoms with Gasteiger partial charge in [-0.15, -0.1) is 0 Å². The molecule has 0 amide bonds. The highest BCUT2D eigenvalue weighted by atomic mass is 19.1. The number of pyridine rings is 2. The molecule has 178 valence electrons. The third-order valence-electron chi connectivity index (χ3n) is 7.08. The van der Waals surface area contributed by atoms with Gasteiger partial charge in [0.05, 0.1) is 11.2 Å². The van der Waals surface area contributed by atoms with Gasteiger partial charge in [0.2, 0.25) is 0 Å². The second-order valence-electron chi connectivity index (χ2n) is 8.92. The van der Waals surface area contributed by atoms with E-state index in [-0.39, 0.29) is 23.7 Å². The normalized spacial score (nSPS) is 19.9. The van der Waals surface area contributed by atoms with Gasteiger partial charge in [-0.3, -0.25) is 9.69 Å². The molecule has 34 heavy (non-hydrogen) atoms. The highest BCUT2D eigenvalue weighted by molar-refractivity contribution is 5.89. The van der Waals surface area contributed by atoms with Crippen molar-refractivity contribution in [3.63, 3.8) is 0 Å². The summed E-state index contributed by atoms with van der Waals surface area (Å²) in [5.41, 5.74) is 2.66. The number of benzene rings is 1. The van der Waals surface area contributed by atoms with Crippen LogP contribution in [0.3, 0.4) is 0 Å². The van der Waals surface area contributed by atoms with Crippen molar-refractivity contribution in [3.05, 3.63) is 69.6 Å². The molecular formula is C26H29F2N5O. The maximum atomic E-state index is 14.6. The average molecular weight is 466 g/mol. The Balaban J connectivity index is 1.76. The van der Waals surface area contributed by atoms with Crippen LogP contribution in [0.25, 0.3) is 11.0 Å². The maximum Gasteiger partial charge on any atom is 0.252 e. The van der Waals surface area contributed by atoms with Gasteiger partial charge in [-0.2, -0.15) is 5.26 Å². The Kier molecular flexibility index (Phi) is 6.67. The Labute approximate surface area is 198 Å². The average Bonchev–Trinajstić information content (AvgIpc) is 2.84. The summed E-state index contributed by atoms with van der Waals surface area (Å²) < 4.78 is 29.6. The zero-order valence-corrected chi connectivity index (χ0v) is 19.9. The molecule has 3 aromatic rings. The van der Waals surface area contributed by atoms with Crippen molar-refractivity contribution in [2.45, 2.75) is 51.7 Å². The van der Waals surface area contributed by atoms with E-state index < -0.39 is 11.6 Å². The quantitative estimate of drug-likeness (QED) is 0.554. The van der Waals surface area contributed by atoms with Crippen LogP contribution >= 0.6 is 0 Å². The molecule has 3 heterocycles. The van der Waals surface area contributed by atoms with Crippen LogP contribution in [-0.2, 0) is 7.05 Å². The molecule has 1 saturated heterocycles. The van der Waals surface area contributed by atoms with Gasteiger partial charge in [0.25, 0.3) is 5.56 Å². The number of aryl methyl sites for hydroxylation is 1. The highest BCUT2D eigenvalue weighted by Crippen LogP contribution is 2.35. The number of aromatic nitrogens is 2. The van der Waals surface area contributed by atoms with Crippen LogP contribution in [0.15, 0.2) is 41.2 Å². The largest absolute Gasteiger partial charge is 0.364 e. The molecule has 1 aromatic carbocycles. The summed E-state index contributed by atoms with van der Waals surface area (Å²) in [6.07, 6.45) is 1.62. The monoisotopic (exact) mass is 465 g/mol. The smallest absolute Gasteiger partial charge is 0.252 e. The summed E-state index contributed by atoms with van der Waals surface area (Å²) in [7, 11) is 1.70. The van der Waals surface area contributed by atoms with Crippen molar-refractivity contribution in [3.8, 4) is 6.07 Å². The molecule has 6 nitrogen and oxygen atoms in total. The minimum Gasteiger partial charge on any atom is -0.364 e. The van der Waals surface area contributed by atoms with Gasteiger partial charge in [0.1, 0.15) is 28.9 Å². The number of piperazine rings is 1. The summed E-state index contributed by atoms with van der Waals surface area (Å²) >= 11 is 0. The Bertz CT molecular complexity index is 1320. The molecule has 0 spiro atoms. The fourth-order valence-electron chi connectivity index (χ4n) is 5.07. The summed E-state index contributed by atoms with van der Waals surface area (Å²) in [5, 5.41) is 9.39. The number of hydrogen-bond acceptors (Lipinski definition) is 5. The standard InChI is InChI=1S/C26H29F2N5O/c1-5-19-15-33(24-12-25(34)31(4)23-10-8-18(13-29)30-26(23)24)20(6-2)14-32(19)16(3)21-9-7-17(27)11-22(21)28/h7-12,16,19-20H,5-6,14-15H2,1-4H3/t16?,19-,20+/m1/s1. The van der Waals surface area contributed by atoms with Crippen LogP contribution in [-0.4, -0.2) is 39.6 Å². The molecule has 2 aromatic heterocycles. The maximum absolute atomic E-state index is 14.6. The molecule has 1 unspecified atom stereocenters. The first-order chi connectivity index (χ1) is 16.3. The van der Waals surface area contributed by atoms with Gasteiger partial charge in [-0.25, -0.2) is 13.8 Å². The van der Waals surface area contributed by atoms with Gasteiger partial charge in [0.15, 0.2) is 0 Å². The van der Waals surface area contributed by atoms with E-state index in [1.165, 1.54) is 12.1 Å². The van der Waals surface area contributed by atoms with Crippen molar-refractivity contribution in [2.75, 3.05) is 18.0 Å². The van der Waals surface area contributed by atoms with Gasteiger partial charge in [-0.1, -0.05) is 19.9 Å². The number of fused-ring (bicyclic) bond motifs is 1. The first kappa shape index (κ1) is 23.8. The molecule has 0 N–H and O–H groups in total. The minimum atomic E-state index is -0.585. The fourth-order valence-corrected chi connectivity index (χ4v) is 5.07. The van der Waals surface area contributed by atoms with E-state index in [1.54, 1.807) is 29.8 Å². The Morgan fingerprint density at radius 3 is 2.50 bits per heavy atom. The predicted octanol–water partition coefficient (Wildman–Crippen LogP) is 4.52. The highest BCUT2D eigenvalue weighted by Gasteiger charge is 2.36. The molecule has 0 aliphatic carbocycles. The van der Waals surface area contributed by atoms with Crippen molar-refractivity contribution >= 4 is 16.7 Å². The van der Waals surface area contributed by atoms with E-state index >= 15 is 0 Å². The lowest BCUT2D eigenvalue weighted by molar-refractivity contribution is 0.0993. The summed E-state index contributed by atoms with van der Waals surface area (Å²) in [5.74, 6) is -1.12. The summed E-state index contributed by atoms with van der Waals surface area (Å²) in [6.45, 7) is 7.41. The molecule has 1 aliphatic heterocycles. The second-order valence-corrected chi connectivity index (χ2v) is 8.92. The van der Waals surface area contributed by atoms with Crippen LogP contribution in [0.4, 0.5) is 14.5 Å². The van der Waals surface area contributed by atoms with Crippen molar-refractivity contribution in [2.24, 2.45) is 7.05 Å². The molecule has 1 aliphatic rings. The molecule has 8 heteroatoms. The lowest BCUT2D eigenvalue weighted by Crippen LogP contribution is -2.59. The van der Waals surface area contributed by atoms with Crippen molar-refractivity contribution < 1.29 is 8.78 Å². The number of halogens is 2. The lowest BCUT2D eigenvalue weighted by Gasteiger charge is -2.49. The fraction of sp³-hybridized carbons (Fsp3) is 0.423. The van der Waals surface area contributed by atoms with Crippen LogP contribution in [0.1, 0.15) is 50.9 Å². The first-order valence-corrected chi connectivity index (χ1v) is 11.7. The Morgan fingerprint density at radius 1 is 1.12 bits per heavy atom. The third-order valence-corrected chi connectivity index (χ3v) is 7.08.